The molecule has 0 spiro atoms. The van der Waals surface area contributed by atoms with E-state index in [0.717, 1.165) is 25.8 Å². The minimum Gasteiger partial charge on any atom is -0.335 e. The van der Waals surface area contributed by atoms with Crippen LogP contribution in [-0.2, 0) is 10.0 Å². The van der Waals surface area contributed by atoms with Gasteiger partial charge in [-0.2, -0.15) is 0 Å². The number of primary sulfonamides is 1. The molecule has 1 aliphatic rings. The smallest absolute Gasteiger partial charge is 0.255 e. The quantitative estimate of drug-likeness (QED) is 0.913. The highest BCUT2D eigenvalue weighted by molar-refractivity contribution is 7.89. The number of carbonyl (C=O) groups is 1. The molecule has 0 radical (unpaired) electrons. The summed E-state index contributed by atoms with van der Waals surface area (Å²) in [5, 5.41) is 4.79. The van der Waals surface area contributed by atoms with Crippen LogP contribution in [0.1, 0.15) is 50.4 Å². The highest BCUT2D eigenvalue weighted by Crippen LogP contribution is 2.36. The molecule has 6 nitrogen and oxygen atoms in total. The Morgan fingerprint density at radius 1 is 1.45 bits per heavy atom. The molecule has 7 heteroatoms. The molecule has 0 bridgehead atoms. The van der Waals surface area contributed by atoms with Gasteiger partial charge in [0.15, 0.2) is 5.03 Å². The number of nitrogens with zero attached hydrogens (tertiary/aromatic N) is 2. The van der Waals surface area contributed by atoms with E-state index in [0.29, 0.717) is 5.56 Å². The summed E-state index contributed by atoms with van der Waals surface area (Å²) in [4.78, 5) is 18.4. The van der Waals surface area contributed by atoms with Gasteiger partial charge in [-0.15, -0.1) is 0 Å². The second kappa shape index (κ2) is 5.96. The van der Waals surface area contributed by atoms with E-state index >= 15 is 0 Å². The van der Waals surface area contributed by atoms with E-state index < -0.39 is 10.0 Å². The van der Waals surface area contributed by atoms with Gasteiger partial charge in [-0.3, -0.25) is 4.79 Å². The monoisotopic (exact) mass is 325 g/mol. The molecule has 0 saturated carbocycles. The molecule has 0 aliphatic carbocycles. The second-order valence-corrected chi connectivity index (χ2v) is 7.94. The van der Waals surface area contributed by atoms with E-state index in [9.17, 15) is 13.2 Å². The number of aromatic nitrogens is 1. The molecule has 2 rings (SSSR count). The van der Waals surface area contributed by atoms with Crippen molar-refractivity contribution in [3.63, 3.8) is 0 Å². The summed E-state index contributed by atoms with van der Waals surface area (Å²) in [6, 6.07) is 2.95. The summed E-state index contributed by atoms with van der Waals surface area (Å²) in [6.07, 6.45) is 4.26. The maximum absolute atomic E-state index is 12.7. The Balaban J connectivity index is 2.24. The Kier molecular flexibility index (Phi) is 4.58. The van der Waals surface area contributed by atoms with Crippen LogP contribution in [0.4, 0.5) is 0 Å². The van der Waals surface area contributed by atoms with Crippen LogP contribution in [0.3, 0.4) is 0 Å². The average molecular weight is 325 g/mol. The summed E-state index contributed by atoms with van der Waals surface area (Å²) in [5.41, 5.74) is 0.450. The lowest BCUT2D eigenvalue weighted by Gasteiger charge is -2.37. The molecule has 1 saturated heterocycles. The first kappa shape index (κ1) is 16.9. The SMILES string of the molecule is CCC(C)(C)[C@@H]1CCCN1C(=O)c1ccc(S(N)(=O)=O)nc1. The second-order valence-electron chi connectivity index (χ2n) is 6.43. The Labute approximate surface area is 131 Å². The molecule has 1 aromatic rings. The third kappa shape index (κ3) is 3.30. The van der Waals surface area contributed by atoms with Gasteiger partial charge >= 0.3 is 0 Å². The third-order valence-electron chi connectivity index (χ3n) is 4.60. The molecular weight excluding hydrogens is 302 g/mol. The largest absolute Gasteiger partial charge is 0.335 e. The molecule has 1 fully saturated rings. The van der Waals surface area contributed by atoms with Crippen molar-refractivity contribution in [2.45, 2.75) is 51.1 Å². The summed E-state index contributed by atoms with van der Waals surface area (Å²) < 4.78 is 22.4. The molecule has 122 valence electrons. The zero-order valence-electron chi connectivity index (χ0n) is 13.2. The van der Waals surface area contributed by atoms with Crippen LogP contribution in [-0.4, -0.2) is 36.8 Å². The number of hydrogen-bond donors (Lipinski definition) is 1. The number of rotatable bonds is 4. The zero-order valence-corrected chi connectivity index (χ0v) is 14.1. The van der Waals surface area contributed by atoms with E-state index in [-0.39, 0.29) is 22.4 Å². The van der Waals surface area contributed by atoms with Crippen LogP contribution in [0.25, 0.3) is 0 Å². The number of carbonyl (C=O) groups excluding carboxylic acids is 1. The normalized spacial score (nSPS) is 19.5. The van der Waals surface area contributed by atoms with Gasteiger partial charge in [-0.1, -0.05) is 20.8 Å². The van der Waals surface area contributed by atoms with E-state index in [4.69, 9.17) is 5.14 Å². The molecule has 2 N–H and O–H groups in total. The predicted octanol–water partition coefficient (Wildman–Crippen LogP) is 1.77. The first-order chi connectivity index (χ1) is 10.2. The van der Waals surface area contributed by atoms with E-state index in [1.165, 1.54) is 18.3 Å². The van der Waals surface area contributed by atoms with E-state index in [2.05, 4.69) is 25.8 Å². The minimum atomic E-state index is -3.84. The van der Waals surface area contributed by atoms with Crippen LogP contribution >= 0.6 is 0 Å². The Hall–Kier alpha value is -1.47. The van der Waals surface area contributed by atoms with Crippen LogP contribution in [0.5, 0.6) is 0 Å². The highest BCUT2D eigenvalue weighted by atomic mass is 32.2. The van der Waals surface area contributed by atoms with Crippen molar-refractivity contribution in [1.82, 2.24) is 9.88 Å². The maximum atomic E-state index is 12.7. The van der Waals surface area contributed by atoms with Gasteiger partial charge in [0, 0.05) is 18.8 Å². The van der Waals surface area contributed by atoms with Gasteiger partial charge in [0.2, 0.25) is 0 Å². The number of likely N-dealkylation sites (tertiary alicyclic amines) is 1. The summed E-state index contributed by atoms with van der Waals surface area (Å²) in [5.74, 6) is -0.0995. The third-order valence-corrected chi connectivity index (χ3v) is 5.43. The van der Waals surface area contributed by atoms with Crippen molar-refractivity contribution >= 4 is 15.9 Å². The van der Waals surface area contributed by atoms with Crippen molar-refractivity contribution in [3.8, 4) is 0 Å². The van der Waals surface area contributed by atoms with Crippen molar-refractivity contribution in [1.29, 1.82) is 0 Å². The van der Waals surface area contributed by atoms with Gasteiger partial charge in [0.05, 0.1) is 5.56 Å². The Morgan fingerprint density at radius 2 is 2.14 bits per heavy atom. The van der Waals surface area contributed by atoms with Gasteiger partial charge < -0.3 is 4.90 Å². The standard InChI is InChI=1S/C15H23N3O3S/c1-4-15(2,3)12-6-5-9-18(12)14(19)11-7-8-13(17-10-11)22(16,20)21/h7-8,10,12H,4-6,9H2,1-3H3,(H2,16,20,21)/t12-/m0/s1. The van der Waals surface area contributed by atoms with Crippen LogP contribution in [0, 0.1) is 5.41 Å². The maximum Gasteiger partial charge on any atom is 0.255 e. The number of pyridine rings is 1. The van der Waals surface area contributed by atoms with Crippen molar-refractivity contribution in [2.24, 2.45) is 10.6 Å². The molecule has 22 heavy (non-hydrogen) atoms. The van der Waals surface area contributed by atoms with Crippen LogP contribution in [0.2, 0.25) is 0 Å². The fraction of sp³-hybridized carbons (Fsp3) is 0.600. The summed E-state index contributed by atoms with van der Waals surface area (Å²) in [6.45, 7) is 7.20. The Bertz CT molecular complexity index is 653. The van der Waals surface area contributed by atoms with E-state index in [1.54, 1.807) is 0 Å². The lowest BCUT2D eigenvalue weighted by Crippen LogP contribution is -2.44. The summed E-state index contributed by atoms with van der Waals surface area (Å²) in [7, 11) is -3.84. The number of nitrogens with two attached hydrogens (primary N) is 1. The zero-order chi connectivity index (χ0) is 16.5. The molecule has 0 unspecified atom stereocenters. The average Bonchev–Trinajstić information content (AvgIpc) is 2.96. The molecule has 1 amide bonds. The fourth-order valence-electron chi connectivity index (χ4n) is 2.90. The predicted molar refractivity (Wildman–Crippen MR) is 83.7 cm³/mol. The summed E-state index contributed by atoms with van der Waals surface area (Å²) >= 11 is 0. The number of hydrogen-bond acceptors (Lipinski definition) is 4. The van der Waals surface area contributed by atoms with Crippen molar-refractivity contribution in [2.75, 3.05) is 6.54 Å². The number of sulfonamides is 1. The van der Waals surface area contributed by atoms with Gasteiger partial charge in [0.25, 0.3) is 15.9 Å². The van der Waals surface area contributed by atoms with Crippen LogP contribution < -0.4 is 5.14 Å². The minimum absolute atomic E-state index is 0.0557. The van der Waals surface area contributed by atoms with Crippen molar-refractivity contribution < 1.29 is 13.2 Å². The topological polar surface area (TPSA) is 93.4 Å². The lowest BCUT2D eigenvalue weighted by atomic mass is 9.80. The van der Waals surface area contributed by atoms with Crippen LogP contribution in [0.15, 0.2) is 23.4 Å². The molecule has 1 atom stereocenters. The first-order valence-electron chi connectivity index (χ1n) is 7.46. The van der Waals surface area contributed by atoms with Crippen molar-refractivity contribution in [3.05, 3.63) is 23.9 Å². The first-order valence-corrected chi connectivity index (χ1v) is 9.01. The molecule has 2 heterocycles. The lowest BCUT2D eigenvalue weighted by molar-refractivity contribution is 0.0595. The highest BCUT2D eigenvalue weighted by Gasteiger charge is 2.38. The Morgan fingerprint density at radius 3 is 2.64 bits per heavy atom. The molecule has 0 aromatic carbocycles. The number of amides is 1. The fourth-order valence-corrected chi connectivity index (χ4v) is 3.36. The molecular formula is C15H23N3O3S. The molecule has 1 aromatic heterocycles. The van der Waals surface area contributed by atoms with Gasteiger partial charge in [-0.25, -0.2) is 18.5 Å². The molecule has 1 aliphatic heterocycles. The van der Waals surface area contributed by atoms with Gasteiger partial charge in [0.1, 0.15) is 0 Å². The van der Waals surface area contributed by atoms with E-state index in [1.807, 2.05) is 4.90 Å². The van der Waals surface area contributed by atoms with Gasteiger partial charge in [-0.05, 0) is 36.8 Å².